The summed E-state index contributed by atoms with van der Waals surface area (Å²) in [5.41, 5.74) is 2.87. The first kappa shape index (κ1) is 18.1. The zero-order valence-electron chi connectivity index (χ0n) is 14.9. The number of fused-ring (bicyclic) bond motifs is 1. The maximum Gasteiger partial charge on any atom is 0.292 e. The molecule has 1 aromatic heterocycles. The van der Waals surface area contributed by atoms with Crippen molar-refractivity contribution in [1.82, 2.24) is 15.6 Å². The van der Waals surface area contributed by atoms with Gasteiger partial charge in [0, 0.05) is 5.39 Å². The summed E-state index contributed by atoms with van der Waals surface area (Å²) in [4.78, 5) is 24.2. The summed E-state index contributed by atoms with van der Waals surface area (Å²) in [6.07, 6.45) is 1.48. The molecule has 3 rings (SSSR count). The molecule has 2 aromatic carbocycles. The van der Waals surface area contributed by atoms with Gasteiger partial charge in [-0.1, -0.05) is 18.2 Å². The minimum Gasteiger partial charge on any atom is -0.493 e. The molecule has 8 heteroatoms. The van der Waals surface area contributed by atoms with Crippen LogP contribution >= 0.6 is 0 Å². The molecule has 0 radical (unpaired) electrons. The minimum atomic E-state index is -0.530. The Morgan fingerprint density at radius 3 is 2.74 bits per heavy atom. The number of aromatic amines is 1. The van der Waals surface area contributed by atoms with Crippen LogP contribution in [0.25, 0.3) is 10.8 Å². The van der Waals surface area contributed by atoms with Crippen molar-refractivity contribution < 1.29 is 14.3 Å². The van der Waals surface area contributed by atoms with Crippen molar-refractivity contribution in [3.63, 3.8) is 0 Å². The van der Waals surface area contributed by atoms with E-state index < -0.39 is 5.91 Å². The predicted molar refractivity (Wildman–Crippen MR) is 102 cm³/mol. The van der Waals surface area contributed by atoms with Crippen LogP contribution in [0.2, 0.25) is 0 Å². The summed E-state index contributed by atoms with van der Waals surface area (Å²) >= 11 is 0. The first-order valence-corrected chi connectivity index (χ1v) is 8.25. The third kappa shape index (κ3) is 3.95. The number of rotatable bonds is 6. The molecule has 0 atom stereocenters. The smallest absolute Gasteiger partial charge is 0.292 e. The molecule has 0 aliphatic carbocycles. The normalized spacial score (nSPS) is 10.9. The lowest BCUT2D eigenvalue weighted by Crippen LogP contribution is -2.22. The van der Waals surface area contributed by atoms with Crippen LogP contribution in [0.1, 0.15) is 23.0 Å². The summed E-state index contributed by atoms with van der Waals surface area (Å²) in [5, 5.41) is 10.9. The van der Waals surface area contributed by atoms with Crippen molar-refractivity contribution in [2.45, 2.75) is 6.92 Å². The van der Waals surface area contributed by atoms with E-state index >= 15 is 0 Å². The molecule has 0 saturated heterocycles. The monoisotopic (exact) mass is 366 g/mol. The second-order valence-electron chi connectivity index (χ2n) is 5.49. The Morgan fingerprint density at radius 2 is 2.00 bits per heavy atom. The SMILES string of the molecule is CCOc1cc(C=NNC(=O)c2n[nH]c(=O)c3ccccc23)ccc1OC. The van der Waals surface area contributed by atoms with Crippen LogP contribution in [0.15, 0.2) is 52.4 Å². The fraction of sp³-hybridized carbons (Fsp3) is 0.158. The highest BCUT2D eigenvalue weighted by Crippen LogP contribution is 2.27. The topological polar surface area (TPSA) is 106 Å². The molecule has 1 amide bonds. The van der Waals surface area contributed by atoms with Gasteiger partial charge in [0.2, 0.25) is 0 Å². The van der Waals surface area contributed by atoms with E-state index in [2.05, 4.69) is 20.7 Å². The molecule has 0 bridgehead atoms. The van der Waals surface area contributed by atoms with Crippen molar-refractivity contribution in [2.75, 3.05) is 13.7 Å². The highest BCUT2D eigenvalue weighted by Gasteiger charge is 2.13. The average molecular weight is 366 g/mol. The molecule has 138 valence electrons. The van der Waals surface area contributed by atoms with E-state index in [1.54, 1.807) is 49.6 Å². The molecule has 1 heterocycles. The van der Waals surface area contributed by atoms with Crippen molar-refractivity contribution in [1.29, 1.82) is 0 Å². The molecule has 0 saturated carbocycles. The van der Waals surface area contributed by atoms with Crippen molar-refractivity contribution in [3.8, 4) is 11.5 Å². The minimum absolute atomic E-state index is 0.0899. The van der Waals surface area contributed by atoms with Gasteiger partial charge in [0.25, 0.3) is 11.5 Å². The average Bonchev–Trinajstić information content (AvgIpc) is 2.69. The molecule has 0 aliphatic heterocycles. The van der Waals surface area contributed by atoms with E-state index in [0.29, 0.717) is 28.9 Å². The highest BCUT2D eigenvalue weighted by molar-refractivity contribution is 6.04. The van der Waals surface area contributed by atoms with Crippen molar-refractivity contribution in [2.24, 2.45) is 5.10 Å². The van der Waals surface area contributed by atoms with E-state index in [0.717, 1.165) is 5.56 Å². The molecule has 27 heavy (non-hydrogen) atoms. The van der Waals surface area contributed by atoms with Crippen LogP contribution in [-0.2, 0) is 0 Å². The highest BCUT2D eigenvalue weighted by atomic mass is 16.5. The molecule has 0 aliphatic rings. The van der Waals surface area contributed by atoms with E-state index in [1.807, 2.05) is 6.92 Å². The van der Waals surface area contributed by atoms with Gasteiger partial charge in [-0.3, -0.25) is 9.59 Å². The summed E-state index contributed by atoms with van der Waals surface area (Å²) < 4.78 is 10.7. The quantitative estimate of drug-likeness (QED) is 0.513. The molecule has 0 spiro atoms. The number of benzene rings is 2. The lowest BCUT2D eigenvalue weighted by atomic mass is 10.1. The van der Waals surface area contributed by atoms with E-state index in [4.69, 9.17) is 9.47 Å². The number of ether oxygens (including phenoxy) is 2. The zero-order chi connectivity index (χ0) is 19.2. The molecule has 2 N–H and O–H groups in total. The largest absolute Gasteiger partial charge is 0.493 e. The van der Waals surface area contributed by atoms with Crippen LogP contribution in [0.5, 0.6) is 11.5 Å². The molecule has 3 aromatic rings. The molecular formula is C19H18N4O4. The van der Waals surface area contributed by atoms with Crippen LogP contribution < -0.4 is 20.5 Å². The predicted octanol–water partition coefficient (Wildman–Crippen LogP) is 2.09. The number of nitrogens with zero attached hydrogens (tertiary/aromatic N) is 2. The second kappa shape index (κ2) is 8.13. The first-order valence-electron chi connectivity index (χ1n) is 8.25. The zero-order valence-corrected chi connectivity index (χ0v) is 14.9. The number of methoxy groups -OCH3 is 1. The second-order valence-corrected chi connectivity index (χ2v) is 5.49. The number of carbonyl (C=O) groups is 1. The third-order valence-corrected chi connectivity index (χ3v) is 3.78. The van der Waals surface area contributed by atoms with Gasteiger partial charge < -0.3 is 9.47 Å². The van der Waals surface area contributed by atoms with E-state index in [1.165, 1.54) is 6.21 Å². The van der Waals surface area contributed by atoms with Gasteiger partial charge in [0.05, 0.1) is 25.3 Å². The number of hydrogen-bond donors (Lipinski definition) is 2. The maximum absolute atomic E-state index is 12.4. The van der Waals surface area contributed by atoms with Crippen molar-refractivity contribution >= 4 is 22.9 Å². The lowest BCUT2D eigenvalue weighted by molar-refractivity contribution is 0.0951. The Balaban J connectivity index is 1.79. The van der Waals surface area contributed by atoms with Gasteiger partial charge >= 0.3 is 0 Å². The van der Waals surface area contributed by atoms with Gasteiger partial charge in [0.15, 0.2) is 17.2 Å². The van der Waals surface area contributed by atoms with Gasteiger partial charge in [-0.05, 0) is 36.8 Å². The third-order valence-electron chi connectivity index (χ3n) is 3.78. The summed E-state index contributed by atoms with van der Waals surface area (Å²) in [7, 11) is 1.56. The molecule has 8 nitrogen and oxygen atoms in total. The Kier molecular flexibility index (Phi) is 5.46. The number of hydrazone groups is 1. The first-order chi connectivity index (χ1) is 13.1. The fourth-order valence-corrected chi connectivity index (χ4v) is 2.55. The van der Waals surface area contributed by atoms with Crippen LogP contribution in [-0.4, -0.2) is 36.0 Å². The number of amides is 1. The van der Waals surface area contributed by atoms with Gasteiger partial charge in [0.1, 0.15) is 0 Å². The number of hydrogen-bond acceptors (Lipinski definition) is 6. The van der Waals surface area contributed by atoms with Gasteiger partial charge in [-0.25, -0.2) is 10.5 Å². The molecule has 0 unspecified atom stereocenters. The fourth-order valence-electron chi connectivity index (χ4n) is 2.55. The summed E-state index contributed by atoms with van der Waals surface area (Å²) in [5.74, 6) is 0.669. The van der Waals surface area contributed by atoms with Gasteiger partial charge in [-0.15, -0.1) is 0 Å². The van der Waals surface area contributed by atoms with Crippen LogP contribution in [0, 0.1) is 0 Å². The molecular weight excluding hydrogens is 348 g/mol. The maximum atomic E-state index is 12.4. The number of H-pyrrole nitrogens is 1. The van der Waals surface area contributed by atoms with Crippen LogP contribution in [0.4, 0.5) is 0 Å². The van der Waals surface area contributed by atoms with Crippen LogP contribution in [0.3, 0.4) is 0 Å². The van der Waals surface area contributed by atoms with Crippen molar-refractivity contribution in [3.05, 3.63) is 64.1 Å². The Hall–Kier alpha value is -3.68. The van der Waals surface area contributed by atoms with E-state index in [-0.39, 0.29) is 11.3 Å². The standard InChI is InChI=1S/C19H18N4O4/c1-3-27-16-10-12(8-9-15(16)26-2)11-20-22-19(25)17-13-6-4-5-7-14(13)18(24)23-21-17/h4-11H,3H2,1-2H3,(H,22,25)(H,23,24). The Bertz CT molecular complexity index is 1060. The number of aromatic nitrogens is 2. The molecule has 0 fully saturated rings. The number of carbonyl (C=O) groups excluding carboxylic acids is 1. The summed E-state index contributed by atoms with van der Waals surface area (Å²) in [6, 6.07) is 12.0. The Morgan fingerprint density at radius 1 is 1.22 bits per heavy atom. The lowest BCUT2D eigenvalue weighted by Gasteiger charge is -2.09. The van der Waals surface area contributed by atoms with Gasteiger partial charge in [-0.2, -0.15) is 10.2 Å². The summed E-state index contributed by atoms with van der Waals surface area (Å²) in [6.45, 7) is 2.38. The number of nitrogens with one attached hydrogen (secondary N) is 2. The Labute approximate surface area is 154 Å². The van der Waals surface area contributed by atoms with E-state index in [9.17, 15) is 9.59 Å².